The smallest absolute Gasteiger partial charge is 0.243 e. The molecule has 1 aliphatic rings. The largest absolute Gasteiger partial charge is 0.332 e. The van der Waals surface area contributed by atoms with Gasteiger partial charge >= 0.3 is 0 Å². The lowest BCUT2D eigenvalue weighted by Crippen LogP contribution is -2.35. The number of rotatable bonds is 6. The van der Waals surface area contributed by atoms with Gasteiger partial charge in [0.15, 0.2) is 5.11 Å². The van der Waals surface area contributed by atoms with Crippen molar-refractivity contribution in [3.63, 3.8) is 0 Å². The van der Waals surface area contributed by atoms with Crippen molar-refractivity contribution in [3.05, 3.63) is 53.6 Å². The molecule has 1 aliphatic heterocycles. The van der Waals surface area contributed by atoms with E-state index in [0.717, 1.165) is 43.5 Å². The Balaban J connectivity index is 1.69. The topological polar surface area (TPSA) is 61.4 Å². The molecule has 0 bridgehead atoms. The lowest BCUT2D eigenvalue weighted by atomic mass is 10.0. The molecule has 2 N–H and O–H groups in total. The van der Waals surface area contributed by atoms with E-state index in [-0.39, 0.29) is 0 Å². The van der Waals surface area contributed by atoms with Crippen LogP contribution < -0.4 is 10.6 Å². The van der Waals surface area contributed by atoms with E-state index in [1.165, 1.54) is 11.1 Å². The summed E-state index contributed by atoms with van der Waals surface area (Å²) in [6.45, 7) is 5.45. The molecule has 0 saturated carbocycles. The highest BCUT2D eigenvalue weighted by Crippen LogP contribution is 2.24. The molecule has 2 aromatic carbocycles. The molecule has 0 amide bonds. The lowest BCUT2D eigenvalue weighted by Gasteiger charge is -2.25. The fourth-order valence-electron chi connectivity index (χ4n) is 3.64. The van der Waals surface area contributed by atoms with Crippen LogP contribution in [-0.2, 0) is 22.9 Å². The molecule has 0 unspecified atom stereocenters. The first-order valence-electron chi connectivity index (χ1n) is 10.2. The molecular formula is C22H29N3O2S2. The summed E-state index contributed by atoms with van der Waals surface area (Å²) in [5.41, 5.74) is 4.25. The van der Waals surface area contributed by atoms with Crippen LogP contribution in [-0.4, -0.2) is 30.9 Å². The van der Waals surface area contributed by atoms with Gasteiger partial charge in [-0.15, -0.1) is 0 Å². The quantitative estimate of drug-likeness (QED) is 0.644. The first-order valence-corrected chi connectivity index (χ1v) is 12.1. The van der Waals surface area contributed by atoms with E-state index < -0.39 is 10.0 Å². The molecular weight excluding hydrogens is 402 g/mol. The van der Waals surface area contributed by atoms with Crippen molar-refractivity contribution in [2.75, 3.05) is 23.7 Å². The number of para-hydroxylation sites is 1. The van der Waals surface area contributed by atoms with Gasteiger partial charge in [-0.1, -0.05) is 38.5 Å². The highest BCUT2D eigenvalue weighted by Gasteiger charge is 2.25. The van der Waals surface area contributed by atoms with Crippen molar-refractivity contribution in [2.45, 2.75) is 50.8 Å². The molecule has 0 spiro atoms. The maximum absolute atomic E-state index is 12.8. The van der Waals surface area contributed by atoms with Crippen LogP contribution in [0, 0.1) is 0 Å². The number of sulfonamides is 1. The molecule has 3 rings (SSSR count). The number of benzene rings is 2. The Morgan fingerprint density at radius 1 is 0.931 bits per heavy atom. The van der Waals surface area contributed by atoms with E-state index in [4.69, 9.17) is 12.2 Å². The molecule has 0 aromatic heterocycles. The normalized spacial score (nSPS) is 15.1. The van der Waals surface area contributed by atoms with Crippen molar-refractivity contribution in [2.24, 2.45) is 0 Å². The third kappa shape index (κ3) is 5.15. The van der Waals surface area contributed by atoms with Gasteiger partial charge in [0.25, 0.3) is 0 Å². The van der Waals surface area contributed by atoms with Crippen molar-refractivity contribution >= 4 is 38.7 Å². The third-order valence-corrected chi connectivity index (χ3v) is 7.42. The maximum atomic E-state index is 12.8. The molecule has 0 atom stereocenters. The lowest BCUT2D eigenvalue weighted by molar-refractivity contribution is 0.346. The maximum Gasteiger partial charge on any atom is 0.243 e. The minimum Gasteiger partial charge on any atom is -0.332 e. The van der Waals surface area contributed by atoms with Crippen LogP contribution in [0.2, 0.25) is 0 Å². The zero-order valence-electron chi connectivity index (χ0n) is 17.1. The standard InChI is InChI=1S/C22H29N3O2S2/c1-3-17-9-8-10-18(4-2)21(17)24-22(28)23-19-11-13-20(14-12-19)29(26,27)25-15-6-5-7-16-25/h8-14H,3-7,15-16H2,1-2H3,(H2,23,24,28). The Morgan fingerprint density at radius 2 is 1.52 bits per heavy atom. The van der Waals surface area contributed by atoms with E-state index in [9.17, 15) is 8.42 Å². The molecule has 156 valence electrons. The van der Waals surface area contributed by atoms with Gasteiger partial charge in [0.2, 0.25) is 10.0 Å². The van der Waals surface area contributed by atoms with Gasteiger partial charge in [0.1, 0.15) is 0 Å². The summed E-state index contributed by atoms with van der Waals surface area (Å²) >= 11 is 5.49. The van der Waals surface area contributed by atoms with Crippen molar-refractivity contribution in [1.29, 1.82) is 0 Å². The van der Waals surface area contributed by atoms with E-state index in [0.29, 0.717) is 23.1 Å². The number of nitrogens with one attached hydrogen (secondary N) is 2. The molecule has 2 aromatic rings. The average molecular weight is 432 g/mol. The minimum atomic E-state index is -3.42. The van der Waals surface area contributed by atoms with E-state index in [2.05, 4.69) is 42.7 Å². The second-order valence-corrected chi connectivity index (χ2v) is 9.57. The molecule has 29 heavy (non-hydrogen) atoms. The summed E-state index contributed by atoms with van der Waals surface area (Å²) in [6, 6.07) is 13.1. The van der Waals surface area contributed by atoms with E-state index in [1.807, 2.05) is 0 Å². The first kappa shape index (κ1) is 21.7. The fourth-order valence-corrected chi connectivity index (χ4v) is 5.38. The first-order chi connectivity index (χ1) is 14.0. The Morgan fingerprint density at radius 3 is 2.07 bits per heavy atom. The minimum absolute atomic E-state index is 0.327. The summed E-state index contributed by atoms with van der Waals surface area (Å²) < 4.78 is 27.1. The molecule has 0 aliphatic carbocycles. The highest BCUT2D eigenvalue weighted by molar-refractivity contribution is 7.89. The number of thiocarbonyl (C=S) groups is 1. The molecule has 7 heteroatoms. The van der Waals surface area contributed by atoms with Crippen LogP contribution in [0.5, 0.6) is 0 Å². The third-order valence-electron chi connectivity index (χ3n) is 5.30. The van der Waals surface area contributed by atoms with Gasteiger partial charge in [-0.3, -0.25) is 0 Å². The van der Waals surface area contributed by atoms with Crippen molar-refractivity contribution < 1.29 is 8.42 Å². The Kier molecular flexibility index (Phi) is 7.27. The van der Waals surface area contributed by atoms with Crippen LogP contribution in [0.4, 0.5) is 11.4 Å². The number of anilines is 2. The predicted octanol–water partition coefficient (Wildman–Crippen LogP) is 4.79. The molecule has 5 nitrogen and oxygen atoms in total. The Labute approximate surface area is 179 Å². The van der Waals surface area contributed by atoms with Crippen LogP contribution in [0.1, 0.15) is 44.2 Å². The summed E-state index contributed by atoms with van der Waals surface area (Å²) in [4.78, 5) is 0.327. The average Bonchev–Trinajstić information content (AvgIpc) is 2.75. The van der Waals surface area contributed by atoms with Gasteiger partial charge in [-0.05, 0) is 73.3 Å². The van der Waals surface area contributed by atoms with E-state index >= 15 is 0 Å². The van der Waals surface area contributed by atoms with Gasteiger partial charge in [0.05, 0.1) is 4.90 Å². The number of aryl methyl sites for hydroxylation is 2. The van der Waals surface area contributed by atoms with Gasteiger partial charge < -0.3 is 10.6 Å². The summed E-state index contributed by atoms with van der Waals surface area (Å²) in [6.07, 6.45) is 4.79. The highest BCUT2D eigenvalue weighted by atomic mass is 32.2. The van der Waals surface area contributed by atoms with Crippen molar-refractivity contribution in [1.82, 2.24) is 4.31 Å². The molecule has 1 fully saturated rings. The molecule has 1 heterocycles. The Bertz CT molecular complexity index is 928. The van der Waals surface area contributed by atoms with Crippen LogP contribution in [0.15, 0.2) is 47.4 Å². The van der Waals surface area contributed by atoms with Crippen LogP contribution in [0.3, 0.4) is 0 Å². The van der Waals surface area contributed by atoms with E-state index in [1.54, 1.807) is 28.6 Å². The summed E-state index contributed by atoms with van der Waals surface area (Å²) in [7, 11) is -3.42. The number of hydrogen-bond acceptors (Lipinski definition) is 3. The van der Waals surface area contributed by atoms with Crippen LogP contribution >= 0.6 is 12.2 Å². The van der Waals surface area contributed by atoms with Gasteiger partial charge in [-0.2, -0.15) is 4.31 Å². The Hall–Kier alpha value is -1.96. The second-order valence-electron chi connectivity index (χ2n) is 7.23. The zero-order valence-corrected chi connectivity index (χ0v) is 18.7. The molecule has 0 radical (unpaired) electrons. The van der Waals surface area contributed by atoms with Crippen LogP contribution in [0.25, 0.3) is 0 Å². The number of hydrogen-bond donors (Lipinski definition) is 2. The zero-order chi connectivity index (χ0) is 20.9. The van der Waals surface area contributed by atoms with Gasteiger partial charge in [0, 0.05) is 24.5 Å². The SMILES string of the molecule is CCc1cccc(CC)c1NC(=S)Nc1ccc(S(=O)(=O)N2CCCCC2)cc1. The predicted molar refractivity (Wildman–Crippen MR) is 124 cm³/mol. The van der Waals surface area contributed by atoms with Gasteiger partial charge in [-0.25, -0.2) is 8.42 Å². The number of nitrogens with zero attached hydrogens (tertiary/aromatic N) is 1. The summed E-state index contributed by atoms with van der Waals surface area (Å²) in [5, 5.41) is 6.98. The van der Waals surface area contributed by atoms with Crippen molar-refractivity contribution in [3.8, 4) is 0 Å². The fraction of sp³-hybridized carbons (Fsp3) is 0.409. The molecule has 1 saturated heterocycles. The second kappa shape index (κ2) is 9.69. The monoisotopic (exact) mass is 431 g/mol. The summed E-state index contributed by atoms with van der Waals surface area (Å²) in [5.74, 6) is 0. The number of piperidine rings is 1.